The number of aromatic hydroxyl groups is 1. The Morgan fingerprint density at radius 2 is 2.04 bits per heavy atom. The van der Waals surface area contributed by atoms with E-state index in [1.807, 2.05) is 0 Å². The fraction of sp³-hybridized carbons (Fsp3) is 0.333. The average molecular weight is 333 g/mol. The summed E-state index contributed by atoms with van der Waals surface area (Å²) in [6, 6.07) is 2.96. The minimum absolute atomic E-state index is 0.0560. The van der Waals surface area contributed by atoms with Crippen LogP contribution in [-0.4, -0.2) is 36.7 Å². The molecule has 0 bridgehead atoms. The molecule has 0 spiro atoms. The second-order valence-corrected chi connectivity index (χ2v) is 5.21. The summed E-state index contributed by atoms with van der Waals surface area (Å²) in [6.07, 6.45) is 6.03. The molecule has 2 N–H and O–H groups in total. The fourth-order valence-electron chi connectivity index (χ4n) is 1.92. The van der Waals surface area contributed by atoms with Crippen molar-refractivity contribution in [2.24, 2.45) is 0 Å². The van der Waals surface area contributed by atoms with Gasteiger partial charge in [-0.3, -0.25) is 4.79 Å². The van der Waals surface area contributed by atoms with Crippen molar-refractivity contribution in [2.75, 3.05) is 13.7 Å². The first kappa shape index (κ1) is 19.3. The van der Waals surface area contributed by atoms with Gasteiger partial charge in [0.05, 0.1) is 13.2 Å². The lowest BCUT2D eigenvalue weighted by Crippen LogP contribution is -2.20. The van der Waals surface area contributed by atoms with Crippen LogP contribution in [0.15, 0.2) is 30.4 Å². The molecule has 0 atom stereocenters. The molecule has 0 saturated carbocycles. The molecule has 6 nitrogen and oxygen atoms in total. The van der Waals surface area contributed by atoms with Crippen LogP contribution in [0.5, 0.6) is 11.5 Å². The first-order valence-corrected chi connectivity index (χ1v) is 7.58. The monoisotopic (exact) mass is 333 g/mol. The first-order chi connectivity index (χ1) is 11.4. The fourth-order valence-corrected chi connectivity index (χ4v) is 1.92. The van der Waals surface area contributed by atoms with Gasteiger partial charge in [0.15, 0.2) is 0 Å². The van der Waals surface area contributed by atoms with Gasteiger partial charge in [-0.2, -0.15) is 0 Å². The number of amides is 1. The van der Waals surface area contributed by atoms with E-state index in [9.17, 15) is 14.7 Å². The van der Waals surface area contributed by atoms with Gasteiger partial charge >= 0.3 is 5.97 Å². The zero-order chi connectivity index (χ0) is 18.1. The Morgan fingerprint density at radius 3 is 2.62 bits per heavy atom. The van der Waals surface area contributed by atoms with Crippen LogP contribution in [0.25, 0.3) is 6.08 Å². The smallest absolute Gasteiger partial charge is 0.342 e. The summed E-state index contributed by atoms with van der Waals surface area (Å²) in [5.41, 5.74) is 0.498. The second kappa shape index (κ2) is 9.39. The predicted molar refractivity (Wildman–Crippen MR) is 92.1 cm³/mol. The van der Waals surface area contributed by atoms with Crippen molar-refractivity contribution in [3.63, 3.8) is 0 Å². The van der Waals surface area contributed by atoms with Crippen molar-refractivity contribution in [3.05, 3.63) is 41.5 Å². The van der Waals surface area contributed by atoms with Crippen LogP contribution in [0.2, 0.25) is 0 Å². The van der Waals surface area contributed by atoms with Gasteiger partial charge in [0.2, 0.25) is 5.91 Å². The van der Waals surface area contributed by atoms with E-state index in [4.69, 9.17) is 9.47 Å². The van der Waals surface area contributed by atoms with Crippen molar-refractivity contribution < 1.29 is 24.2 Å². The average Bonchev–Trinajstić information content (AvgIpc) is 2.50. The highest BCUT2D eigenvalue weighted by Gasteiger charge is 2.19. The Labute approximate surface area is 141 Å². The molecule has 0 aliphatic heterocycles. The first-order valence-electron chi connectivity index (χ1n) is 7.58. The van der Waals surface area contributed by atoms with Gasteiger partial charge < -0.3 is 19.9 Å². The van der Waals surface area contributed by atoms with Crippen molar-refractivity contribution in [1.82, 2.24) is 5.32 Å². The molecule has 6 heteroatoms. The number of carbonyl (C=O) groups excluding carboxylic acids is 2. The van der Waals surface area contributed by atoms with Gasteiger partial charge in [-0.25, -0.2) is 4.79 Å². The molecule has 24 heavy (non-hydrogen) atoms. The number of phenols is 1. The zero-order valence-electron chi connectivity index (χ0n) is 14.3. The Morgan fingerprint density at radius 1 is 1.33 bits per heavy atom. The maximum Gasteiger partial charge on any atom is 0.342 e. The van der Waals surface area contributed by atoms with Crippen LogP contribution in [-0.2, 0) is 9.53 Å². The summed E-state index contributed by atoms with van der Waals surface area (Å²) in [6.45, 7) is 5.48. The van der Waals surface area contributed by atoms with E-state index < -0.39 is 5.97 Å². The molecule has 0 aliphatic rings. The molecular weight excluding hydrogens is 310 g/mol. The highest BCUT2D eigenvalue weighted by molar-refractivity contribution is 5.97. The van der Waals surface area contributed by atoms with Gasteiger partial charge in [0, 0.05) is 12.6 Å². The standard InChI is InChI=1S/C18H23NO5/c1-5-7-16(21)19-9-6-8-13-10-14(23-4)11-15(20)17(13)18(22)24-12(2)3/h5-8,10-12,20H,9H2,1-4H3,(H,19,21). The molecule has 0 heterocycles. The Kier molecular flexibility index (Phi) is 7.55. The molecule has 0 aliphatic carbocycles. The quantitative estimate of drug-likeness (QED) is 0.592. The molecule has 0 unspecified atom stereocenters. The van der Waals surface area contributed by atoms with E-state index in [1.165, 1.54) is 19.3 Å². The molecule has 1 rings (SSSR count). The van der Waals surface area contributed by atoms with Crippen LogP contribution in [0.3, 0.4) is 0 Å². The Balaban J connectivity index is 3.03. The lowest BCUT2D eigenvalue weighted by Gasteiger charge is -2.13. The van der Waals surface area contributed by atoms with Crippen molar-refractivity contribution in [3.8, 4) is 11.5 Å². The third-order valence-corrected chi connectivity index (χ3v) is 2.91. The Bertz CT molecular complexity index is 647. The van der Waals surface area contributed by atoms with Crippen molar-refractivity contribution >= 4 is 18.0 Å². The maximum atomic E-state index is 12.2. The molecular formula is C18H23NO5. The lowest BCUT2D eigenvalue weighted by atomic mass is 10.0. The number of ether oxygens (including phenoxy) is 2. The molecule has 1 aromatic rings. The van der Waals surface area contributed by atoms with Gasteiger partial charge in [0.25, 0.3) is 0 Å². The number of hydrogen-bond acceptors (Lipinski definition) is 5. The SMILES string of the molecule is CC=CC(=O)NCC=Cc1cc(OC)cc(O)c1C(=O)OC(C)C. The van der Waals surface area contributed by atoms with E-state index in [2.05, 4.69) is 5.32 Å². The number of hydrogen-bond donors (Lipinski definition) is 2. The number of benzene rings is 1. The van der Waals surface area contributed by atoms with E-state index in [0.29, 0.717) is 11.3 Å². The van der Waals surface area contributed by atoms with Crippen molar-refractivity contribution in [2.45, 2.75) is 26.9 Å². The molecule has 0 radical (unpaired) electrons. The largest absolute Gasteiger partial charge is 0.507 e. The predicted octanol–water partition coefficient (Wildman–Crippen LogP) is 2.67. The number of allylic oxidation sites excluding steroid dienone is 1. The molecule has 1 aromatic carbocycles. The topological polar surface area (TPSA) is 84.9 Å². The number of rotatable bonds is 7. The molecule has 0 fully saturated rings. The lowest BCUT2D eigenvalue weighted by molar-refractivity contribution is -0.116. The maximum absolute atomic E-state index is 12.2. The summed E-state index contributed by atoms with van der Waals surface area (Å²) < 4.78 is 10.3. The number of phenolic OH excluding ortho intramolecular Hbond substituents is 1. The summed E-state index contributed by atoms with van der Waals surface area (Å²) in [5, 5.41) is 12.8. The van der Waals surface area contributed by atoms with E-state index in [-0.39, 0.29) is 29.9 Å². The number of nitrogens with one attached hydrogen (secondary N) is 1. The van der Waals surface area contributed by atoms with Crippen LogP contribution < -0.4 is 10.1 Å². The summed E-state index contributed by atoms with van der Waals surface area (Å²) in [4.78, 5) is 23.5. The summed E-state index contributed by atoms with van der Waals surface area (Å²) in [5.74, 6) is -0.651. The zero-order valence-corrected chi connectivity index (χ0v) is 14.3. The van der Waals surface area contributed by atoms with Crippen molar-refractivity contribution in [1.29, 1.82) is 0 Å². The van der Waals surface area contributed by atoms with E-state index in [0.717, 1.165) is 0 Å². The summed E-state index contributed by atoms with van der Waals surface area (Å²) >= 11 is 0. The Hall–Kier alpha value is -2.76. The minimum atomic E-state index is -0.622. The highest BCUT2D eigenvalue weighted by atomic mass is 16.5. The van der Waals surface area contributed by atoms with Gasteiger partial charge in [-0.15, -0.1) is 0 Å². The van der Waals surface area contributed by atoms with E-state index in [1.54, 1.807) is 45.1 Å². The van der Waals surface area contributed by atoms with E-state index >= 15 is 0 Å². The molecule has 130 valence electrons. The summed E-state index contributed by atoms with van der Waals surface area (Å²) in [7, 11) is 1.46. The van der Waals surface area contributed by atoms with Crippen LogP contribution in [0, 0.1) is 0 Å². The van der Waals surface area contributed by atoms with Gasteiger partial charge in [-0.1, -0.05) is 18.2 Å². The minimum Gasteiger partial charge on any atom is -0.507 e. The number of carbonyl (C=O) groups is 2. The highest BCUT2D eigenvalue weighted by Crippen LogP contribution is 2.29. The number of esters is 1. The number of methoxy groups -OCH3 is 1. The van der Waals surface area contributed by atoms with Crippen LogP contribution in [0.1, 0.15) is 36.7 Å². The van der Waals surface area contributed by atoms with Gasteiger partial charge in [0.1, 0.15) is 17.1 Å². The molecule has 0 aromatic heterocycles. The van der Waals surface area contributed by atoms with Crippen LogP contribution >= 0.6 is 0 Å². The normalized spacial score (nSPS) is 11.2. The second-order valence-electron chi connectivity index (χ2n) is 5.21. The van der Waals surface area contributed by atoms with Crippen LogP contribution in [0.4, 0.5) is 0 Å². The third-order valence-electron chi connectivity index (χ3n) is 2.91. The molecule has 0 saturated heterocycles. The third kappa shape index (κ3) is 5.79. The van der Waals surface area contributed by atoms with Gasteiger partial charge in [-0.05, 0) is 38.5 Å². The molecule has 1 amide bonds.